The number of rotatable bonds is 11. The third kappa shape index (κ3) is 6.67. The topological polar surface area (TPSA) is 60.8 Å². The highest BCUT2D eigenvalue weighted by atomic mass is 17.2. The molecule has 1 aliphatic rings. The van der Waals surface area contributed by atoms with E-state index in [1.807, 2.05) is 18.5 Å². The molecule has 1 fully saturated rings. The van der Waals surface area contributed by atoms with Crippen molar-refractivity contribution in [3.05, 3.63) is 94.3 Å². The molecule has 4 rings (SSSR count). The Hall–Kier alpha value is -2.83. The van der Waals surface area contributed by atoms with E-state index in [-0.39, 0.29) is 5.41 Å². The van der Waals surface area contributed by atoms with E-state index in [1.54, 1.807) is 0 Å². The van der Waals surface area contributed by atoms with Crippen molar-refractivity contribution in [2.75, 3.05) is 26.9 Å². The zero-order chi connectivity index (χ0) is 27.9. The van der Waals surface area contributed by atoms with Crippen molar-refractivity contribution in [2.24, 2.45) is 0 Å². The summed E-state index contributed by atoms with van der Waals surface area (Å²) in [4.78, 5) is 14.2. The molecular formula is C34H43NO4. The molecule has 0 atom stereocenters. The first-order chi connectivity index (χ1) is 18.8. The number of benzene rings is 2. The minimum Gasteiger partial charge on any atom is -0.386 e. The van der Waals surface area contributed by atoms with Gasteiger partial charge in [-0.2, -0.15) is 0 Å². The van der Waals surface area contributed by atoms with E-state index in [0.29, 0.717) is 32.7 Å². The molecule has 5 nitrogen and oxygen atoms in total. The molecule has 5 heteroatoms. The van der Waals surface area contributed by atoms with E-state index < -0.39 is 5.60 Å². The summed E-state index contributed by atoms with van der Waals surface area (Å²) >= 11 is 0. The van der Waals surface area contributed by atoms with E-state index in [4.69, 9.17) is 14.5 Å². The van der Waals surface area contributed by atoms with Gasteiger partial charge in [0.1, 0.15) is 0 Å². The summed E-state index contributed by atoms with van der Waals surface area (Å²) in [6.45, 7) is 10.6. The molecule has 39 heavy (non-hydrogen) atoms. The zero-order valence-electron chi connectivity index (χ0n) is 24.1. The van der Waals surface area contributed by atoms with E-state index in [0.717, 1.165) is 36.0 Å². The van der Waals surface area contributed by atoms with Gasteiger partial charge in [0, 0.05) is 55.8 Å². The second kappa shape index (κ2) is 13.0. The van der Waals surface area contributed by atoms with E-state index in [1.165, 1.54) is 34.9 Å². The first-order valence-corrected chi connectivity index (χ1v) is 14.2. The Balaban J connectivity index is 1.61. The largest absolute Gasteiger partial charge is 0.386 e. The lowest BCUT2D eigenvalue weighted by atomic mass is 9.69. The second-order valence-corrected chi connectivity index (χ2v) is 10.8. The average Bonchev–Trinajstić information content (AvgIpc) is 2.94. The van der Waals surface area contributed by atoms with Crippen LogP contribution >= 0.6 is 0 Å². The van der Waals surface area contributed by atoms with Crippen LogP contribution in [0.25, 0.3) is 17.2 Å². The number of ether oxygens (including phenoxy) is 1. The smallest absolute Gasteiger partial charge is 0.0874 e. The summed E-state index contributed by atoms with van der Waals surface area (Å²) in [7, 11) is 1.53. The first kappa shape index (κ1) is 29.2. The number of aryl methyl sites for hydroxylation is 2. The van der Waals surface area contributed by atoms with Crippen LogP contribution < -0.4 is 0 Å². The predicted molar refractivity (Wildman–Crippen MR) is 158 cm³/mol. The molecule has 1 saturated heterocycles. The van der Waals surface area contributed by atoms with Crippen LogP contribution in [-0.2, 0) is 26.3 Å². The van der Waals surface area contributed by atoms with Crippen LogP contribution in [-0.4, -0.2) is 42.6 Å². The van der Waals surface area contributed by atoms with Gasteiger partial charge in [-0.1, -0.05) is 62.4 Å². The summed E-state index contributed by atoms with van der Waals surface area (Å²) < 4.78 is 5.42. The van der Waals surface area contributed by atoms with Gasteiger partial charge in [0.05, 0.1) is 19.3 Å². The van der Waals surface area contributed by atoms with E-state index in [2.05, 4.69) is 81.2 Å². The molecule has 0 unspecified atom stereocenters. The monoisotopic (exact) mass is 529 g/mol. The molecule has 0 saturated carbocycles. The Kier molecular flexibility index (Phi) is 9.73. The van der Waals surface area contributed by atoms with Gasteiger partial charge in [0.2, 0.25) is 0 Å². The first-order valence-electron chi connectivity index (χ1n) is 14.2. The van der Waals surface area contributed by atoms with Crippen LogP contribution in [0.3, 0.4) is 0 Å². The molecule has 1 aromatic heterocycles. The SMILES string of the molecule is CCC(CC)(c1ccc(/C=C/C2(O)CCOCC2)c(C)c1)c1ccc(-c2cncc(CCOOC)c2)c(C)c1. The van der Waals surface area contributed by atoms with Crippen molar-refractivity contribution in [3.8, 4) is 11.1 Å². The minimum atomic E-state index is -0.772. The van der Waals surface area contributed by atoms with Crippen molar-refractivity contribution in [2.45, 2.75) is 70.8 Å². The number of pyridine rings is 1. The molecule has 0 aliphatic carbocycles. The normalized spacial score (nSPS) is 15.6. The Morgan fingerprint density at radius 1 is 0.974 bits per heavy atom. The molecule has 3 aromatic rings. The Morgan fingerprint density at radius 2 is 1.67 bits per heavy atom. The third-order valence-corrected chi connectivity index (χ3v) is 8.44. The van der Waals surface area contributed by atoms with Crippen LogP contribution in [0, 0.1) is 13.8 Å². The van der Waals surface area contributed by atoms with Crippen LogP contribution in [0.15, 0.2) is 60.9 Å². The quantitative estimate of drug-likeness (QED) is 0.162. The van der Waals surface area contributed by atoms with Gasteiger partial charge in [0.15, 0.2) is 0 Å². The maximum atomic E-state index is 10.8. The number of hydrogen-bond acceptors (Lipinski definition) is 5. The van der Waals surface area contributed by atoms with Crippen LogP contribution in [0.2, 0.25) is 0 Å². The Morgan fingerprint density at radius 3 is 2.31 bits per heavy atom. The van der Waals surface area contributed by atoms with Crippen molar-refractivity contribution in [1.82, 2.24) is 4.98 Å². The van der Waals surface area contributed by atoms with Crippen molar-refractivity contribution in [1.29, 1.82) is 0 Å². The molecule has 2 heterocycles. The van der Waals surface area contributed by atoms with Gasteiger partial charge < -0.3 is 9.84 Å². The summed E-state index contributed by atoms with van der Waals surface area (Å²) in [5.41, 5.74) is 8.87. The molecule has 208 valence electrons. The van der Waals surface area contributed by atoms with Gasteiger partial charge in [-0.05, 0) is 71.7 Å². The lowest BCUT2D eigenvalue weighted by Crippen LogP contribution is -2.33. The third-order valence-electron chi connectivity index (χ3n) is 8.44. The number of nitrogens with zero attached hydrogens (tertiary/aromatic N) is 1. The van der Waals surface area contributed by atoms with Gasteiger partial charge in [-0.25, -0.2) is 9.78 Å². The second-order valence-electron chi connectivity index (χ2n) is 10.8. The van der Waals surface area contributed by atoms with E-state index in [9.17, 15) is 5.11 Å². The molecule has 1 N–H and O–H groups in total. The fraction of sp³-hybridized carbons (Fsp3) is 0.441. The van der Waals surface area contributed by atoms with Gasteiger partial charge in [0.25, 0.3) is 0 Å². The fourth-order valence-corrected chi connectivity index (χ4v) is 5.83. The lowest BCUT2D eigenvalue weighted by molar-refractivity contribution is -0.271. The Bertz CT molecular complexity index is 1270. The van der Waals surface area contributed by atoms with Crippen molar-refractivity contribution in [3.63, 3.8) is 0 Å². The number of aromatic nitrogens is 1. The highest BCUT2D eigenvalue weighted by Crippen LogP contribution is 2.41. The van der Waals surface area contributed by atoms with E-state index >= 15 is 0 Å². The zero-order valence-corrected chi connectivity index (χ0v) is 24.1. The fourth-order valence-electron chi connectivity index (χ4n) is 5.83. The summed E-state index contributed by atoms with van der Waals surface area (Å²) in [6, 6.07) is 15.9. The van der Waals surface area contributed by atoms with Crippen LogP contribution in [0.4, 0.5) is 0 Å². The minimum absolute atomic E-state index is 0.0766. The molecular weight excluding hydrogens is 486 g/mol. The highest BCUT2D eigenvalue weighted by molar-refractivity contribution is 5.68. The van der Waals surface area contributed by atoms with Crippen molar-refractivity contribution >= 4 is 6.08 Å². The maximum absolute atomic E-state index is 10.8. The maximum Gasteiger partial charge on any atom is 0.0874 e. The Labute approximate surface area is 233 Å². The van der Waals surface area contributed by atoms with Gasteiger partial charge >= 0.3 is 0 Å². The standard InChI is InChI=1S/C34H43NO4/c1-6-34(7-2,30-9-8-28(25(3)20-30)12-14-33(36)15-18-38-19-16-33)31-10-11-32(26(4)21-31)29-22-27(23-35-24-29)13-17-39-37-5/h8-12,14,20-24,36H,6-7,13,15-19H2,1-5H3/b14-12+. The highest BCUT2D eigenvalue weighted by Gasteiger charge is 2.31. The molecule has 0 radical (unpaired) electrons. The summed E-state index contributed by atoms with van der Waals surface area (Å²) in [6.07, 6.45) is 11.9. The molecule has 0 spiro atoms. The molecule has 0 bridgehead atoms. The van der Waals surface area contributed by atoms with Crippen LogP contribution in [0.5, 0.6) is 0 Å². The predicted octanol–water partition coefficient (Wildman–Crippen LogP) is 7.15. The molecule has 2 aromatic carbocycles. The lowest BCUT2D eigenvalue weighted by Gasteiger charge is -2.34. The van der Waals surface area contributed by atoms with Gasteiger partial charge in [-0.3, -0.25) is 4.98 Å². The van der Waals surface area contributed by atoms with Crippen molar-refractivity contribution < 1.29 is 19.6 Å². The summed E-state index contributed by atoms with van der Waals surface area (Å²) in [5, 5.41) is 10.8. The number of hydrogen-bond donors (Lipinski definition) is 1. The molecule has 0 amide bonds. The van der Waals surface area contributed by atoms with Gasteiger partial charge in [-0.15, -0.1) is 0 Å². The number of aliphatic hydroxyl groups is 1. The summed E-state index contributed by atoms with van der Waals surface area (Å²) in [5.74, 6) is 0. The van der Waals surface area contributed by atoms with Crippen LogP contribution in [0.1, 0.15) is 72.9 Å². The average molecular weight is 530 g/mol. The molecule has 1 aliphatic heterocycles.